The second-order valence-corrected chi connectivity index (χ2v) is 4.13. The number of rotatable bonds is 6. The lowest BCUT2D eigenvalue weighted by Gasteiger charge is -2.15. The molecular weight excluding hydrogens is 250 g/mol. The van der Waals surface area contributed by atoms with Crippen molar-refractivity contribution in [1.29, 1.82) is 0 Å². The number of nitrogens with two attached hydrogens (primary N) is 1. The Kier molecular flexibility index (Phi) is 8.03. The van der Waals surface area contributed by atoms with Gasteiger partial charge in [-0.1, -0.05) is 6.08 Å². The quantitative estimate of drug-likeness (QED) is 0.588. The number of carbonyl (C=O) groups is 2. The number of hydrogen-bond acceptors (Lipinski definition) is 5. The van der Waals surface area contributed by atoms with Crippen LogP contribution >= 0.6 is 0 Å². The minimum absolute atomic E-state index is 0.0231. The first-order valence-corrected chi connectivity index (χ1v) is 5.80. The van der Waals surface area contributed by atoms with E-state index in [9.17, 15) is 9.59 Å². The Morgan fingerprint density at radius 3 is 2.47 bits per heavy atom. The second-order valence-electron chi connectivity index (χ2n) is 4.13. The molecule has 7 nitrogen and oxygen atoms in total. The molecule has 0 aliphatic carbocycles. The van der Waals surface area contributed by atoms with Gasteiger partial charge in [-0.2, -0.15) is 0 Å². The van der Waals surface area contributed by atoms with Crippen molar-refractivity contribution in [2.45, 2.75) is 18.9 Å². The molecule has 1 aliphatic heterocycles. The van der Waals surface area contributed by atoms with Gasteiger partial charge in [0, 0.05) is 32.4 Å². The number of nitrogens with zero attached hydrogens (tertiary/aromatic N) is 2. The van der Waals surface area contributed by atoms with Crippen molar-refractivity contribution in [1.82, 2.24) is 9.80 Å². The minimum Gasteiger partial charge on any atom is -0.481 e. The Labute approximate surface area is 112 Å². The molecule has 19 heavy (non-hydrogen) atoms. The standard InChI is InChI=1S/C7H12N2.C5H9NO4/c1-3-4-9-6-5-8(2)7-9;6-3(5(9)10)1-2-4(7)8/h3,5-6H,1,4,7H2,2H3;3H,1-2,6H2,(H,7,8)(H,9,10)/t;3-/m.0/s1. The third-order valence-electron chi connectivity index (χ3n) is 2.29. The van der Waals surface area contributed by atoms with Crippen LogP contribution in [0.1, 0.15) is 12.8 Å². The van der Waals surface area contributed by atoms with Crippen molar-refractivity contribution in [3.63, 3.8) is 0 Å². The molecule has 0 aromatic rings. The highest BCUT2D eigenvalue weighted by Gasteiger charge is 2.12. The van der Waals surface area contributed by atoms with Gasteiger partial charge in [0.05, 0.1) is 6.67 Å². The molecule has 4 N–H and O–H groups in total. The molecule has 0 unspecified atom stereocenters. The normalized spacial score (nSPS) is 14.6. The number of carboxylic acid groups (broad SMARTS) is 2. The van der Waals surface area contributed by atoms with Crippen LogP contribution in [0.15, 0.2) is 25.1 Å². The Morgan fingerprint density at radius 1 is 1.47 bits per heavy atom. The minimum atomic E-state index is -1.17. The van der Waals surface area contributed by atoms with E-state index in [0.29, 0.717) is 0 Å². The summed E-state index contributed by atoms with van der Waals surface area (Å²) in [5.41, 5.74) is 5.00. The molecule has 7 heteroatoms. The van der Waals surface area contributed by atoms with E-state index < -0.39 is 18.0 Å². The molecule has 0 bridgehead atoms. The lowest BCUT2D eigenvalue weighted by Crippen LogP contribution is -2.30. The van der Waals surface area contributed by atoms with Crippen LogP contribution in [-0.4, -0.2) is 58.3 Å². The first-order valence-electron chi connectivity index (χ1n) is 5.80. The van der Waals surface area contributed by atoms with Crippen molar-refractivity contribution >= 4 is 11.9 Å². The maximum atomic E-state index is 9.99. The van der Waals surface area contributed by atoms with Gasteiger partial charge in [0.2, 0.25) is 0 Å². The lowest BCUT2D eigenvalue weighted by molar-refractivity contribution is -0.139. The number of hydrogen-bond donors (Lipinski definition) is 3. The second kappa shape index (κ2) is 8.98. The largest absolute Gasteiger partial charge is 0.481 e. The molecule has 1 rings (SSSR count). The predicted octanol–water partition coefficient (Wildman–Crippen LogP) is 0.112. The highest BCUT2D eigenvalue weighted by Crippen LogP contribution is 2.01. The van der Waals surface area contributed by atoms with Crippen LogP contribution in [0.3, 0.4) is 0 Å². The summed E-state index contributed by atoms with van der Waals surface area (Å²) < 4.78 is 0. The summed E-state index contributed by atoms with van der Waals surface area (Å²) in [5, 5.41) is 16.3. The van der Waals surface area contributed by atoms with E-state index in [0.717, 1.165) is 13.2 Å². The molecule has 108 valence electrons. The zero-order chi connectivity index (χ0) is 14.8. The Bertz CT molecular complexity index is 344. The van der Waals surface area contributed by atoms with E-state index >= 15 is 0 Å². The summed E-state index contributed by atoms with van der Waals surface area (Å²) in [7, 11) is 2.06. The SMILES string of the molecule is C=CCN1C=CN(C)C1.N[C@@H](CCC(=O)O)C(=O)O. The topological polar surface area (TPSA) is 107 Å². The Morgan fingerprint density at radius 2 is 2.11 bits per heavy atom. The van der Waals surface area contributed by atoms with Crippen LogP contribution < -0.4 is 5.73 Å². The molecule has 0 aromatic heterocycles. The first kappa shape index (κ1) is 17.0. The molecule has 0 saturated heterocycles. The molecule has 0 saturated carbocycles. The smallest absolute Gasteiger partial charge is 0.320 e. The maximum absolute atomic E-state index is 9.99. The van der Waals surface area contributed by atoms with Gasteiger partial charge in [-0.05, 0) is 6.42 Å². The molecule has 1 heterocycles. The van der Waals surface area contributed by atoms with Crippen molar-refractivity contribution in [3.8, 4) is 0 Å². The zero-order valence-corrected chi connectivity index (χ0v) is 11.0. The van der Waals surface area contributed by atoms with Gasteiger partial charge in [-0.3, -0.25) is 9.59 Å². The molecule has 1 atom stereocenters. The van der Waals surface area contributed by atoms with E-state index in [1.807, 2.05) is 6.08 Å². The first-order chi connectivity index (χ1) is 8.86. The predicted molar refractivity (Wildman–Crippen MR) is 71.2 cm³/mol. The van der Waals surface area contributed by atoms with Gasteiger partial charge in [-0.15, -0.1) is 6.58 Å². The van der Waals surface area contributed by atoms with Gasteiger partial charge in [0.1, 0.15) is 6.04 Å². The number of carboxylic acids is 2. The van der Waals surface area contributed by atoms with Gasteiger partial charge in [0.25, 0.3) is 0 Å². The van der Waals surface area contributed by atoms with Gasteiger partial charge in [0.15, 0.2) is 0 Å². The molecule has 0 aromatic carbocycles. The fourth-order valence-electron chi connectivity index (χ4n) is 1.28. The van der Waals surface area contributed by atoms with Crippen molar-refractivity contribution in [2.75, 3.05) is 20.3 Å². The van der Waals surface area contributed by atoms with E-state index in [1.165, 1.54) is 0 Å². The van der Waals surface area contributed by atoms with E-state index in [1.54, 1.807) is 0 Å². The van der Waals surface area contributed by atoms with Crippen LogP contribution in [0.2, 0.25) is 0 Å². The van der Waals surface area contributed by atoms with Crippen LogP contribution in [0.25, 0.3) is 0 Å². The summed E-state index contributed by atoms with van der Waals surface area (Å²) in [6.45, 7) is 5.59. The highest BCUT2D eigenvalue weighted by atomic mass is 16.4. The summed E-state index contributed by atoms with van der Waals surface area (Å²) in [6, 6.07) is -1.06. The van der Waals surface area contributed by atoms with Crippen LogP contribution in [-0.2, 0) is 9.59 Å². The van der Waals surface area contributed by atoms with Crippen molar-refractivity contribution in [3.05, 3.63) is 25.1 Å². The molecule has 0 fully saturated rings. The fourth-order valence-corrected chi connectivity index (χ4v) is 1.28. The number of aliphatic carboxylic acids is 2. The summed E-state index contributed by atoms with van der Waals surface area (Å²) in [6.07, 6.45) is 5.81. The van der Waals surface area contributed by atoms with E-state index in [2.05, 4.69) is 35.8 Å². The third kappa shape index (κ3) is 8.67. The summed E-state index contributed by atoms with van der Waals surface area (Å²) in [5.74, 6) is -2.20. The van der Waals surface area contributed by atoms with E-state index in [-0.39, 0.29) is 12.8 Å². The van der Waals surface area contributed by atoms with Crippen molar-refractivity contribution < 1.29 is 19.8 Å². The molecule has 0 amide bonds. The van der Waals surface area contributed by atoms with Crippen molar-refractivity contribution in [2.24, 2.45) is 5.73 Å². The highest BCUT2D eigenvalue weighted by molar-refractivity contribution is 5.74. The van der Waals surface area contributed by atoms with Gasteiger partial charge < -0.3 is 25.7 Å². The Hall–Kier alpha value is -2.02. The average molecular weight is 271 g/mol. The van der Waals surface area contributed by atoms with Crippen LogP contribution in [0, 0.1) is 0 Å². The molecule has 0 radical (unpaired) electrons. The molecular formula is C12H21N3O4. The Balaban J connectivity index is 0.000000342. The third-order valence-corrected chi connectivity index (χ3v) is 2.29. The molecule has 1 aliphatic rings. The summed E-state index contributed by atoms with van der Waals surface area (Å²) >= 11 is 0. The fraction of sp³-hybridized carbons (Fsp3) is 0.500. The van der Waals surface area contributed by atoms with Gasteiger partial charge >= 0.3 is 11.9 Å². The van der Waals surface area contributed by atoms with E-state index in [4.69, 9.17) is 15.9 Å². The van der Waals surface area contributed by atoms with Crippen LogP contribution in [0.4, 0.5) is 0 Å². The lowest BCUT2D eigenvalue weighted by atomic mass is 10.2. The maximum Gasteiger partial charge on any atom is 0.320 e. The van der Waals surface area contributed by atoms with Crippen LogP contribution in [0.5, 0.6) is 0 Å². The monoisotopic (exact) mass is 271 g/mol. The zero-order valence-electron chi connectivity index (χ0n) is 11.0. The molecule has 0 spiro atoms. The average Bonchev–Trinajstić information content (AvgIpc) is 2.73. The van der Waals surface area contributed by atoms with Gasteiger partial charge in [-0.25, -0.2) is 0 Å². The summed E-state index contributed by atoms with van der Waals surface area (Å²) in [4.78, 5) is 24.2.